The molecule has 1 N–H and O–H groups in total. The molecule has 6 heteroatoms. The number of ether oxygens (including phenoxy) is 1. The van der Waals surface area contributed by atoms with Crippen LogP contribution in [0.5, 0.6) is 0 Å². The maximum Gasteiger partial charge on any atom is 0.306 e. The number of Topliss-reactive ketones (excluding diaryl/α,β-unsaturated/α-hetero) is 1. The summed E-state index contributed by atoms with van der Waals surface area (Å²) in [5.74, 6) is -0.537. The first-order chi connectivity index (χ1) is 12.0. The molecule has 1 aliphatic rings. The lowest BCUT2D eigenvalue weighted by Gasteiger charge is -2.29. The van der Waals surface area contributed by atoms with Crippen molar-refractivity contribution in [1.29, 1.82) is 0 Å². The molecule has 0 radical (unpaired) electrons. The van der Waals surface area contributed by atoms with Gasteiger partial charge in [0, 0.05) is 23.0 Å². The van der Waals surface area contributed by atoms with E-state index in [2.05, 4.69) is 12.2 Å². The molecule has 1 amide bonds. The lowest BCUT2D eigenvalue weighted by Crippen LogP contribution is -2.42. The van der Waals surface area contributed by atoms with Crippen LogP contribution < -0.4 is 5.32 Å². The van der Waals surface area contributed by atoms with Crippen molar-refractivity contribution in [2.24, 2.45) is 5.92 Å². The molecule has 0 aliphatic heterocycles. The van der Waals surface area contributed by atoms with Crippen LogP contribution in [-0.4, -0.2) is 30.3 Å². The molecule has 0 aromatic heterocycles. The maximum atomic E-state index is 12.0. The van der Waals surface area contributed by atoms with Gasteiger partial charge in [-0.2, -0.15) is 0 Å². The highest BCUT2D eigenvalue weighted by molar-refractivity contribution is 6.30. The molecule has 0 bridgehead atoms. The summed E-state index contributed by atoms with van der Waals surface area (Å²) in [4.78, 5) is 35.6. The normalized spacial score (nSPS) is 19.9. The molecule has 1 aliphatic carbocycles. The number of esters is 1. The zero-order valence-corrected chi connectivity index (χ0v) is 15.2. The lowest BCUT2D eigenvalue weighted by atomic mass is 9.86. The largest absolute Gasteiger partial charge is 0.456 e. The minimum Gasteiger partial charge on any atom is -0.456 e. The molecule has 5 nitrogen and oxygen atoms in total. The van der Waals surface area contributed by atoms with E-state index >= 15 is 0 Å². The first-order valence-electron chi connectivity index (χ1n) is 8.69. The Labute approximate surface area is 153 Å². The van der Waals surface area contributed by atoms with Gasteiger partial charge in [-0.05, 0) is 43.0 Å². The van der Waals surface area contributed by atoms with Crippen LogP contribution in [0, 0.1) is 5.92 Å². The first-order valence-corrected chi connectivity index (χ1v) is 9.07. The Hall–Kier alpha value is -1.88. The smallest absolute Gasteiger partial charge is 0.306 e. The highest BCUT2D eigenvalue weighted by atomic mass is 35.5. The summed E-state index contributed by atoms with van der Waals surface area (Å²) >= 11 is 5.77. The number of nitrogens with one attached hydrogen (secondary N) is 1. The maximum absolute atomic E-state index is 12.0. The average molecular weight is 366 g/mol. The van der Waals surface area contributed by atoms with E-state index in [1.165, 1.54) is 6.42 Å². The van der Waals surface area contributed by atoms with Crippen molar-refractivity contribution >= 4 is 29.3 Å². The van der Waals surface area contributed by atoms with Crippen LogP contribution in [0.15, 0.2) is 24.3 Å². The fourth-order valence-corrected chi connectivity index (χ4v) is 3.12. The Morgan fingerprint density at radius 1 is 1.12 bits per heavy atom. The highest BCUT2D eigenvalue weighted by Gasteiger charge is 2.23. The molecular formula is C19H24ClNO4. The third-order valence-electron chi connectivity index (χ3n) is 4.54. The Kier molecular flexibility index (Phi) is 7.44. The number of hydrogen-bond donors (Lipinski definition) is 1. The fraction of sp³-hybridized carbons (Fsp3) is 0.526. The van der Waals surface area contributed by atoms with Crippen LogP contribution >= 0.6 is 11.6 Å². The highest BCUT2D eigenvalue weighted by Crippen LogP contribution is 2.23. The van der Waals surface area contributed by atoms with Gasteiger partial charge in [-0.1, -0.05) is 31.4 Å². The molecule has 0 heterocycles. The quantitative estimate of drug-likeness (QED) is 0.592. The minimum absolute atomic E-state index is 0.0434. The van der Waals surface area contributed by atoms with E-state index in [1.54, 1.807) is 24.3 Å². The topological polar surface area (TPSA) is 72.5 Å². The standard InChI is InChI=1S/C19H24ClNO4/c1-13-4-2-3-5-16(13)21-18(23)12-25-19(24)11-10-17(22)14-6-8-15(20)9-7-14/h6-9,13,16H,2-5,10-12H2,1H3,(H,21,23). The van der Waals surface area contributed by atoms with Gasteiger partial charge in [0.05, 0.1) is 6.42 Å². The van der Waals surface area contributed by atoms with Gasteiger partial charge in [-0.15, -0.1) is 0 Å². The minimum atomic E-state index is -0.547. The van der Waals surface area contributed by atoms with Crippen molar-refractivity contribution < 1.29 is 19.1 Å². The number of carbonyl (C=O) groups excluding carboxylic acids is 3. The van der Waals surface area contributed by atoms with E-state index in [0.717, 1.165) is 19.3 Å². The van der Waals surface area contributed by atoms with Crippen molar-refractivity contribution in [3.05, 3.63) is 34.9 Å². The summed E-state index contributed by atoms with van der Waals surface area (Å²) in [5, 5.41) is 3.47. The molecule has 1 aromatic rings. The lowest BCUT2D eigenvalue weighted by molar-refractivity contribution is -0.148. The number of carbonyl (C=O) groups is 3. The number of benzene rings is 1. The van der Waals surface area contributed by atoms with Gasteiger partial charge < -0.3 is 10.1 Å². The van der Waals surface area contributed by atoms with Gasteiger partial charge in [-0.3, -0.25) is 14.4 Å². The molecular weight excluding hydrogens is 342 g/mol. The molecule has 1 aromatic carbocycles. The summed E-state index contributed by atoms with van der Waals surface area (Å²) in [6.45, 7) is 1.83. The number of hydrogen-bond acceptors (Lipinski definition) is 4. The van der Waals surface area contributed by atoms with E-state index in [1.807, 2.05) is 0 Å². The van der Waals surface area contributed by atoms with Gasteiger partial charge >= 0.3 is 5.97 Å². The van der Waals surface area contributed by atoms with Crippen LogP contribution in [-0.2, 0) is 14.3 Å². The zero-order chi connectivity index (χ0) is 18.2. The zero-order valence-electron chi connectivity index (χ0n) is 14.4. The first kappa shape index (κ1) is 19.4. The van der Waals surface area contributed by atoms with E-state index in [0.29, 0.717) is 16.5 Å². The van der Waals surface area contributed by atoms with Crippen molar-refractivity contribution in [1.82, 2.24) is 5.32 Å². The number of amides is 1. The monoisotopic (exact) mass is 365 g/mol. The van der Waals surface area contributed by atoms with Crippen LogP contribution in [0.2, 0.25) is 5.02 Å². The predicted molar refractivity (Wildman–Crippen MR) is 95.5 cm³/mol. The molecule has 2 rings (SSSR count). The third-order valence-corrected chi connectivity index (χ3v) is 4.80. The van der Waals surface area contributed by atoms with Crippen LogP contribution in [0.4, 0.5) is 0 Å². The molecule has 2 atom stereocenters. The van der Waals surface area contributed by atoms with E-state index < -0.39 is 5.97 Å². The molecule has 136 valence electrons. The van der Waals surface area contributed by atoms with Crippen molar-refractivity contribution in [3.63, 3.8) is 0 Å². The second-order valence-electron chi connectivity index (χ2n) is 6.53. The summed E-state index contributed by atoms with van der Waals surface area (Å²) in [7, 11) is 0. The van der Waals surface area contributed by atoms with Gasteiger partial charge in [-0.25, -0.2) is 0 Å². The van der Waals surface area contributed by atoms with E-state index in [9.17, 15) is 14.4 Å². The summed E-state index contributed by atoms with van der Waals surface area (Å²) in [6.07, 6.45) is 4.39. The third kappa shape index (κ3) is 6.50. The van der Waals surface area contributed by atoms with Crippen molar-refractivity contribution in [2.45, 2.75) is 51.5 Å². The predicted octanol–water partition coefficient (Wildman–Crippen LogP) is 3.54. The van der Waals surface area contributed by atoms with Gasteiger partial charge in [0.25, 0.3) is 5.91 Å². The molecule has 25 heavy (non-hydrogen) atoms. The molecule has 1 saturated carbocycles. The molecule has 0 spiro atoms. The fourth-order valence-electron chi connectivity index (χ4n) is 2.99. The van der Waals surface area contributed by atoms with E-state index in [4.69, 9.17) is 16.3 Å². The van der Waals surface area contributed by atoms with Crippen LogP contribution in [0.25, 0.3) is 0 Å². The summed E-state index contributed by atoms with van der Waals surface area (Å²) < 4.78 is 4.96. The van der Waals surface area contributed by atoms with Crippen LogP contribution in [0.3, 0.4) is 0 Å². The summed E-state index contributed by atoms with van der Waals surface area (Å²) in [5.41, 5.74) is 0.501. The SMILES string of the molecule is CC1CCCCC1NC(=O)COC(=O)CCC(=O)c1ccc(Cl)cc1. The Balaban J connectivity index is 1.67. The number of rotatable bonds is 7. The Morgan fingerprint density at radius 3 is 2.48 bits per heavy atom. The Bertz CT molecular complexity index is 614. The van der Waals surface area contributed by atoms with Gasteiger partial charge in [0.15, 0.2) is 12.4 Å². The summed E-state index contributed by atoms with van der Waals surface area (Å²) in [6, 6.07) is 6.66. The van der Waals surface area contributed by atoms with Gasteiger partial charge in [0.2, 0.25) is 0 Å². The number of ketones is 1. The molecule has 1 fully saturated rings. The van der Waals surface area contributed by atoms with Crippen molar-refractivity contribution in [3.8, 4) is 0 Å². The van der Waals surface area contributed by atoms with Crippen LogP contribution in [0.1, 0.15) is 55.8 Å². The number of halogens is 1. The second kappa shape index (κ2) is 9.56. The van der Waals surface area contributed by atoms with Gasteiger partial charge in [0.1, 0.15) is 0 Å². The van der Waals surface area contributed by atoms with E-state index in [-0.39, 0.29) is 37.2 Å². The second-order valence-corrected chi connectivity index (χ2v) is 6.96. The average Bonchev–Trinajstić information content (AvgIpc) is 2.60. The molecule has 2 unspecified atom stereocenters. The molecule has 0 saturated heterocycles. The van der Waals surface area contributed by atoms with Crippen molar-refractivity contribution in [2.75, 3.05) is 6.61 Å². The Morgan fingerprint density at radius 2 is 1.80 bits per heavy atom.